The maximum absolute atomic E-state index is 14.0. The lowest BCUT2D eigenvalue weighted by Gasteiger charge is -2.23. The average Bonchev–Trinajstić information content (AvgIpc) is 3.17. The Morgan fingerprint density at radius 3 is 2.34 bits per heavy atom. The largest absolute Gasteiger partial charge is 0.454 e. The van der Waals surface area contributed by atoms with Gasteiger partial charge in [-0.2, -0.15) is 13.2 Å². The fraction of sp³-hybridized carbons (Fsp3) is 0.273. The third-order valence-corrected chi connectivity index (χ3v) is 5.59. The van der Waals surface area contributed by atoms with Crippen molar-refractivity contribution in [3.63, 3.8) is 0 Å². The molecule has 3 rings (SSSR count). The summed E-state index contributed by atoms with van der Waals surface area (Å²) < 4.78 is 63.8. The van der Waals surface area contributed by atoms with Gasteiger partial charge >= 0.3 is 6.18 Å². The summed E-state index contributed by atoms with van der Waals surface area (Å²) in [6.07, 6.45) is -4.35. The lowest BCUT2D eigenvalue weighted by Crippen LogP contribution is -2.23. The highest BCUT2D eigenvalue weighted by molar-refractivity contribution is 7.10. The first-order valence-corrected chi connectivity index (χ1v) is 9.78. The molecule has 0 amide bonds. The Morgan fingerprint density at radius 1 is 0.966 bits per heavy atom. The van der Waals surface area contributed by atoms with E-state index in [4.69, 9.17) is 9.47 Å². The number of para-hydroxylation sites is 1. The minimum atomic E-state index is -4.35. The Kier molecular flexibility index (Phi) is 6.29. The minimum Gasteiger partial charge on any atom is -0.454 e. The van der Waals surface area contributed by atoms with Crippen molar-refractivity contribution in [3.8, 4) is 11.5 Å². The van der Waals surface area contributed by atoms with E-state index >= 15 is 0 Å². The third-order valence-electron chi connectivity index (χ3n) is 4.29. The first kappa shape index (κ1) is 21.3. The van der Waals surface area contributed by atoms with Crippen LogP contribution in [0.1, 0.15) is 29.9 Å². The molecule has 29 heavy (non-hydrogen) atoms. The molecule has 1 aromatic heterocycles. The van der Waals surface area contributed by atoms with Gasteiger partial charge in [0.2, 0.25) is 0 Å². The van der Waals surface area contributed by atoms with E-state index < -0.39 is 23.0 Å². The second-order valence-electron chi connectivity index (χ2n) is 7.25. The fourth-order valence-corrected chi connectivity index (χ4v) is 3.69. The topological polar surface area (TPSA) is 18.5 Å². The molecule has 0 saturated heterocycles. The summed E-state index contributed by atoms with van der Waals surface area (Å²) in [5.74, 6) is 0.115. The first-order chi connectivity index (χ1) is 13.6. The van der Waals surface area contributed by atoms with Crippen molar-refractivity contribution in [2.24, 2.45) is 0 Å². The van der Waals surface area contributed by atoms with Crippen molar-refractivity contribution in [1.29, 1.82) is 0 Å². The minimum absolute atomic E-state index is 0.0876. The summed E-state index contributed by atoms with van der Waals surface area (Å²) in [6, 6.07) is 14.5. The molecule has 154 valence electrons. The molecule has 0 bridgehead atoms. The molecule has 2 nitrogen and oxygen atoms in total. The second-order valence-corrected chi connectivity index (χ2v) is 8.17. The average molecular weight is 424 g/mol. The van der Waals surface area contributed by atoms with Crippen molar-refractivity contribution in [2.45, 2.75) is 32.0 Å². The number of hydrogen-bond acceptors (Lipinski definition) is 3. The number of benzene rings is 2. The SMILES string of the molecule is CC(C)(COCc1ccc(F)c(Oc2ccccc2)c1)c1cc(C(F)(F)F)cs1. The van der Waals surface area contributed by atoms with Gasteiger partial charge in [-0.05, 0) is 35.9 Å². The molecule has 0 saturated carbocycles. The molecule has 1 heterocycles. The maximum atomic E-state index is 14.0. The van der Waals surface area contributed by atoms with Crippen LogP contribution in [-0.2, 0) is 22.9 Å². The van der Waals surface area contributed by atoms with Crippen LogP contribution in [0, 0.1) is 5.82 Å². The molecule has 0 aliphatic rings. The van der Waals surface area contributed by atoms with Crippen molar-refractivity contribution < 1.29 is 27.0 Å². The van der Waals surface area contributed by atoms with E-state index in [0.717, 1.165) is 22.8 Å². The van der Waals surface area contributed by atoms with Gasteiger partial charge in [-0.15, -0.1) is 11.3 Å². The molecule has 0 radical (unpaired) electrons. The number of rotatable bonds is 7. The Bertz CT molecular complexity index is 949. The maximum Gasteiger partial charge on any atom is 0.417 e. The summed E-state index contributed by atoms with van der Waals surface area (Å²) in [7, 11) is 0. The lowest BCUT2D eigenvalue weighted by molar-refractivity contribution is -0.137. The molecule has 0 atom stereocenters. The van der Waals surface area contributed by atoms with E-state index in [1.807, 2.05) is 19.9 Å². The van der Waals surface area contributed by atoms with Gasteiger partial charge in [0.05, 0.1) is 18.8 Å². The van der Waals surface area contributed by atoms with Gasteiger partial charge in [0.15, 0.2) is 11.6 Å². The van der Waals surface area contributed by atoms with E-state index in [1.54, 1.807) is 36.4 Å². The molecule has 0 N–H and O–H groups in total. The van der Waals surface area contributed by atoms with Crippen LogP contribution in [-0.4, -0.2) is 6.61 Å². The second kappa shape index (κ2) is 8.55. The van der Waals surface area contributed by atoms with Crippen LogP contribution in [0.5, 0.6) is 11.5 Å². The standard InChI is InChI=1S/C22H20F4O2S/c1-21(2,20-11-16(13-29-20)22(24,25)26)14-27-12-15-8-9-18(23)19(10-15)28-17-6-4-3-5-7-17/h3-11,13H,12,14H2,1-2H3. The van der Waals surface area contributed by atoms with Gasteiger partial charge in [0, 0.05) is 15.7 Å². The highest BCUT2D eigenvalue weighted by Crippen LogP contribution is 2.37. The van der Waals surface area contributed by atoms with Crippen LogP contribution in [0.15, 0.2) is 60.0 Å². The van der Waals surface area contributed by atoms with Crippen molar-refractivity contribution in [3.05, 3.63) is 81.8 Å². The molecule has 2 aromatic carbocycles. The summed E-state index contributed by atoms with van der Waals surface area (Å²) in [4.78, 5) is 0.594. The van der Waals surface area contributed by atoms with Gasteiger partial charge in [-0.25, -0.2) is 4.39 Å². The Hall–Kier alpha value is -2.38. The summed E-state index contributed by atoms with van der Waals surface area (Å²) in [6.45, 7) is 4.06. The quantitative estimate of drug-likeness (QED) is 0.374. The van der Waals surface area contributed by atoms with E-state index in [2.05, 4.69) is 0 Å². The Balaban J connectivity index is 1.62. The monoisotopic (exact) mass is 424 g/mol. The zero-order chi connectivity index (χ0) is 21.1. The fourth-order valence-electron chi connectivity index (χ4n) is 2.67. The van der Waals surface area contributed by atoms with Crippen molar-refractivity contribution in [2.75, 3.05) is 6.61 Å². The number of thiophene rings is 1. The zero-order valence-corrected chi connectivity index (χ0v) is 16.7. The molecule has 7 heteroatoms. The number of alkyl halides is 3. The van der Waals surface area contributed by atoms with Crippen LogP contribution in [0.2, 0.25) is 0 Å². The molecule has 0 aliphatic carbocycles. The highest BCUT2D eigenvalue weighted by Gasteiger charge is 2.34. The first-order valence-electron chi connectivity index (χ1n) is 8.90. The van der Waals surface area contributed by atoms with Crippen LogP contribution in [0.25, 0.3) is 0 Å². The molecule has 3 aromatic rings. The van der Waals surface area contributed by atoms with E-state index in [1.165, 1.54) is 6.07 Å². The smallest absolute Gasteiger partial charge is 0.417 e. The van der Waals surface area contributed by atoms with Crippen molar-refractivity contribution >= 4 is 11.3 Å². The predicted molar refractivity (Wildman–Crippen MR) is 105 cm³/mol. The van der Waals surface area contributed by atoms with Gasteiger partial charge in [0.1, 0.15) is 5.75 Å². The van der Waals surface area contributed by atoms with Crippen molar-refractivity contribution in [1.82, 2.24) is 0 Å². The zero-order valence-electron chi connectivity index (χ0n) is 15.9. The van der Waals surface area contributed by atoms with Gasteiger partial charge in [0.25, 0.3) is 0 Å². The van der Waals surface area contributed by atoms with Gasteiger partial charge in [-0.3, -0.25) is 0 Å². The Morgan fingerprint density at radius 2 is 1.69 bits per heavy atom. The molecule has 0 unspecified atom stereocenters. The van der Waals surface area contributed by atoms with Crippen LogP contribution in [0.3, 0.4) is 0 Å². The highest BCUT2D eigenvalue weighted by atomic mass is 32.1. The summed E-state index contributed by atoms with van der Waals surface area (Å²) >= 11 is 1.07. The van der Waals surface area contributed by atoms with Gasteiger partial charge in [-0.1, -0.05) is 38.1 Å². The van der Waals surface area contributed by atoms with Crippen LogP contribution in [0.4, 0.5) is 17.6 Å². The van der Waals surface area contributed by atoms with Crippen LogP contribution < -0.4 is 4.74 Å². The molecule has 0 fully saturated rings. The lowest BCUT2D eigenvalue weighted by atomic mass is 9.92. The van der Waals surface area contributed by atoms with Crippen LogP contribution >= 0.6 is 11.3 Å². The van der Waals surface area contributed by atoms with E-state index in [0.29, 0.717) is 16.2 Å². The molecule has 0 spiro atoms. The van der Waals surface area contributed by atoms with E-state index in [9.17, 15) is 17.6 Å². The third kappa shape index (κ3) is 5.58. The number of halogens is 4. The normalized spacial score (nSPS) is 12.2. The number of ether oxygens (including phenoxy) is 2. The number of hydrogen-bond donors (Lipinski definition) is 0. The molecule has 0 aliphatic heterocycles. The molecular formula is C22H20F4O2S. The summed E-state index contributed by atoms with van der Waals surface area (Å²) in [5, 5.41) is 1.12. The summed E-state index contributed by atoms with van der Waals surface area (Å²) in [5.41, 5.74) is -0.528. The van der Waals surface area contributed by atoms with Gasteiger partial charge < -0.3 is 9.47 Å². The Labute approximate surface area is 170 Å². The molecular weight excluding hydrogens is 404 g/mol. The predicted octanol–water partition coefficient (Wildman–Crippen LogP) is 7.19. The van der Waals surface area contributed by atoms with E-state index in [-0.39, 0.29) is 19.0 Å².